The molecule has 1 atom stereocenters. The van der Waals surface area contributed by atoms with Crippen molar-refractivity contribution in [2.45, 2.75) is 220 Å². The fourth-order valence-electron chi connectivity index (χ4n) is 6.43. The molecule has 6 heteroatoms. The summed E-state index contributed by atoms with van der Waals surface area (Å²) in [6.07, 6.45) is 40.7. The van der Waals surface area contributed by atoms with Gasteiger partial charge in [0.25, 0.3) is 0 Å². The standard InChI is InChI=1S/C48H81NO5/c1-6-8-10-12-14-16-18-20-22-24-26-28-30-32-34-36-44(50)53-42-39-38-41(46(52)47(49)48(3,4)5)40-43(42)54-45(51)37-35-33-31-29-27-25-23-21-19-17-15-13-11-9-7-2/h20-23,38-40,47H,6-19,24-37,49H2,1-5H3/b22-20+,23-21+. The van der Waals surface area contributed by atoms with E-state index in [2.05, 4.69) is 38.2 Å². The Balaban J connectivity index is 2.47. The van der Waals surface area contributed by atoms with E-state index in [-0.39, 0.29) is 36.1 Å². The summed E-state index contributed by atoms with van der Waals surface area (Å²) in [6, 6.07) is 3.91. The third-order valence-electron chi connectivity index (χ3n) is 10.2. The molecule has 0 fully saturated rings. The summed E-state index contributed by atoms with van der Waals surface area (Å²) in [5, 5.41) is 0. The van der Waals surface area contributed by atoms with Crippen molar-refractivity contribution in [2.75, 3.05) is 0 Å². The minimum Gasteiger partial charge on any atom is -0.423 e. The molecule has 0 aliphatic rings. The molecule has 0 amide bonds. The van der Waals surface area contributed by atoms with E-state index in [1.54, 1.807) is 12.1 Å². The van der Waals surface area contributed by atoms with E-state index >= 15 is 0 Å². The van der Waals surface area contributed by atoms with Crippen molar-refractivity contribution in [3.05, 3.63) is 48.1 Å². The number of ketones is 1. The summed E-state index contributed by atoms with van der Waals surface area (Å²) in [5.41, 5.74) is 6.16. The Kier molecular flexibility index (Phi) is 29.7. The third kappa shape index (κ3) is 26.1. The van der Waals surface area contributed by atoms with Gasteiger partial charge in [-0.1, -0.05) is 162 Å². The van der Waals surface area contributed by atoms with Crippen LogP contribution in [0.3, 0.4) is 0 Å². The lowest BCUT2D eigenvalue weighted by Gasteiger charge is -2.25. The molecular formula is C48H81NO5. The maximum atomic E-state index is 13.2. The number of hydrogen-bond donors (Lipinski definition) is 1. The van der Waals surface area contributed by atoms with Crippen LogP contribution in [0, 0.1) is 5.41 Å². The largest absolute Gasteiger partial charge is 0.423 e. The average molecular weight is 752 g/mol. The van der Waals surface area contributed by atoms with Crippen molar-refractivity contribution in [1.29, 1.82) is 0 Å². The van der Waals surface area contributed by atoms with Gasteiger partial charge < -0.3 is 15.2 Å². The number of carbonyl (C=O) groups is 3. The van der Waals surface area contributed by atoms with Gasteiger partial charge in [0.2, 0.25) is 0 Å². The van der Waals surface area contributed by atoms with E-state index in [1.165, 1.54) is 109 Å². The zero-order valence-electron chi connectivity index (χ0n) is 35.5. The normalized spacial score (nSPS) is 12.5. The molecule has 0 aliphatic carbocycles. The number of esters is 2. The van der Waals surface area contributed by atoms with Crippen molar-refractivity contribution in [2.24, 2.45) is 11.1 Å². The molecule has 308 valence electrons. The van der Waals surface area contributed by atoms with Crippen molar-refractivity contribution in [3.63, 3.8) is 0 Å². The molecular weight excluding hydrogens is 671 g/mol. The van der Waals surface area contributed by atoms with Gasteiger partial charge in [-0.3, -0.25) is 14.4 Å². The van der Waals surface area contributed by atoms with E-state index in [4.69, 9.17) is 15.2 Å². The van der Waals surface area contributed by atoms with Crippen LogP contribution in [0.5, 0.6) is 11.5 Å². The molecule has 0 saturated carbocycles. The Hall–Kier alpha value is -2.73. The van der Waals surface area contributed by atoms with Gasteiger partial charge in [-0.15, -0.1) is 0 Å². The molecule has 0 aromatic heterocycles. The highest BCUT2D eigenvalue weighted by molar-refractivity contribution is 6.01. The first-order valence-corrected chi connectivity index (χ1v) is 22.2. The molecule has 2 N–H and O–H groups in total. The van der Waals surface area contributed by atoms with Crippen molar-refractivity contribution in [3.8, 4) is 11.5 Å². The molecule has 1 aromatic rings. The highest BCUT2D eigenvalue weighted by Crippen LogP contribution is 2.31. The first-order valence-electron chi connectivity index (χ1n) is 22.2. The number of Topliss-reactive ketones (excluding diaryl/α,β-unsaturated/α-hetero) is 1. The quantitative estimate of drug-likeness (QED) is 0.0248. The number of nitrogens with two attached hydrogens (primary N) is 1. The predicted octanol–water partition coefficient (Wildman–Crippen LogP) is 14.1. The molecule has 0 saturated heterocycles. The highest BCUT2D eigenvalue weighted by atomic mass is 16.6. The van der Waals surface area contributed by atoms with Gasteiger partial charge in [0, 0.05) is 18.4 Å². The maximum Gasteiger partial charge on any atom is 0.311 e. The summed E-state index contributed by atoms with van der Waals surface area (Å²) < 4.78 is 11.4. The van der Waals surface area contributed by atoms with E-state index in [9.17, 15) is 14.4 Å². The number of rotatable bonds is 34. The SMILES string of the molecule is CCCCCCCC/C=C/CCCCCCCC(=O)Oc1ccc(C(=O)C(N)C(C)(C)C)cc1OC(=O)CCCCCCC/C=C/CCCCCCCC. The second kappa shape index (κ2) is 32.5. The Morgan fingerprint density at radius 2 is 0.889 bits per heavy atom. The smallest absolute Gasteiger partial charge is 0.311 e. The number of ether oxygens (including phenoxy) is 2. The molecule has 0 bridgehead atoms. The second-order valence-corrected chi connectivity index (χ2v) is 16.5. The highest BCUT2D eigenvalue weighted by Gasteiger charge is 2.29. The number of hydrogen-bond acceptors (Lipinski definition) is 6. The summed E-state index contributed by atoms with van der Waals surface area (Å²) in [7, 11) is 0. The number of allylic oxidation sites excluding steroid dienone is 4. The minimum absolute atomic E-state index is 0.0950. The zero-order valence-corrected chi connectivity index (χ0v) is 35.5. The first kappa shape index (κ1) is 49.3. The molecule has 6 nitrogen and oxygen atoms in total. The molecule has 0 spiro atoms. The Bertz CT molecular complexity index is 1180. The molecule has 54 heavy (non-hydrogen) atoms. The van der Waals surface area contributed by atoms with Gasteiger partial charge in [-0.25, -0.2) is 0 Å². The summed E-state index contributed by atoms with van der Waals surface area (Å²) in [6.45, 7) is 10.2. The minimum atomic E-state index is -0.730. The van der Waals surface area contributed by atoms with Gasteiger partial charge >= 0.3 is 11.9 Å². The van der Waals surface area contributed by atoms with Gasteiger partial charge in [0.05, 0.1) is 6.04 Å². The van der Waals surface area contributed by atoms with E-state index in [0.29, 0.717) is 5.56 Å². The van der Waals surface area contributed by atoms with Gasteiger partial charge in [0.15, 0.2) is 17.3 Å². The third-order valence-corrected chi connectivity index (χ3v) is 10.2. The fraction of sp³-hybridized carbons (Fsp3) is 0.729. The second-order valence-electron chi connectivity index (χ2n) is 16.5. The summed E-state index contributed by atoms with van der Waals surface area (Å²) in [5.74, 6) is -0.757. The van der Waals surface area contributed by atoms with Crippen LogP contribution in [-0.4, -0.2) is 23.8 Å². The van der Waals surface area contributed by atoms with Crippen molar-refractivity contribution >= 4 is 17.7 Å². The molecule has 0 aliphatic heterocycles. The van der Waals surface area contributed by atoms with Gasteiger partial charge in [-0.05, 0) is 87.8 Å². The van der Waals surface area contributed by atoms with Gasteiger partial charge in [0.1, 0.15) is 0 Å². The average Bonchev–Trinajstić information content (AvgIpc) is 3.14. The van der Waals surface area contributed by atoms with Crippen molar-refractivity contribution < 1.29 is 23.9 Å². The Morgan fingerprint density at radius 3 is 1.28 bits per heavy atom. The van der Waals surface area contributed by atoms with Crippen LogP contribution in [0.4, 0.5) is 0 Å². The monoisotopic (exact) mass is 752 g/mol. The summed E-state index contributed by atoms with van der Waals surface area (Å²) in [4.78, 5) is 38.9. The van der Waals surface area contributed by atoms with Gasteiger partial charge in [-0.2, -0.15) is 0 Å². The van der Waals surface area contributed by atoms with Crippen LogP contribution in [0.2, 0.25) is 0 Å². The molecule has 1 unspecified atom stereocenters. The molecule has 1 rings (SSSR count). The van der Waals surface area contributed by atoms with Crippen LogP contribution in [-0.2, 0) is 9.59 Å². The molecule has 0 heterocycles. The van der Waals surface area contributed by atoms with Crippen LogP contribution < -0.4 is 15.2 Å². The lowest BCUT2D eigenvalue weighted by atomic mass is 9.83. The van der Waals surface area contributed by atoms with Crippen LogP contribution in [0.25, 0.3) is 0 Å². The first-order chi connectivity index (χ1) is 26.1. The molecule has 1 aromatic carbocycles. The van der Waals surface area contributed by atoms with E-state index in [0.717, 1.165) is 64.2 Å². The fourth-order valence-corrected chi connectivity index (χ4v) is 6.43. The Labute approximate surface area is 331 Å². The number of unbranched alkanes of at least 4 members (excludes halogenated alkanes) is 22. The van der Waals surface area contributed by atoms with Crippen LogP contribution >= 0.6 is 0 Å². The van der Waals surface area contributed by atoms with E-state index in [1.807, 2.05) is 20.8 Å². The zero-order chi connectivity index (χ0) is 39.7. The van der Waals surface area contributed by atoms with Crippen LogP contribution in [0.15, 0.2) is 42.5 Å². The topological polar surface area (TPSA) is 95.7 Å². The van der Waals surface area contributed by atoms with Crippen LogP contribution in [0.1, 0.15) is 225 Å². The number of carbonyl (C=O) groups excluding carboxylic acids is 3. The lowest BCUT2D eigenvalue weighted by Crippen LogP contribution is -2.42. The van der Waals surface area contributed by atoms with E-state index < -0.39 is 17.4 Å². The number of benzene rings is 1. The summed E-state index contributed by atoms with van der Waals surface area (Å²) >= 11 is 0. The lowest BCUT2D eigenvalue weighted by molar-refractivity contribution is -0.137. The van der Waals surface area contributed by atoms with Crippen molar-refractivity contribution in [1.82, 2.24) is 0 Å². The predicted molar refractivity (Wildman–Crippen MR) is 228 cm³/mol. The Morgan fingerprint density at radius 1 is 0.537 bits per heavy atom. The molecule has 0 radical (unpaired) electrons. The maximum absolute atomic E-state index is 13.2.